The van der Waals surface area contributed by atoms with Crippen molar-refractivity contribution in [1.29, 1.82) is 0 Å². The van der Waals surface area contributed by atoms with E-state index < -0.39 is 0 Å². The predicted octanol–water partition coefficient (Wildman–Crippen LogP) is 1.93. The fourth-order valence-electron chi connectivity index (χ4n) is 5.36. The number of thiazole rings is 1. The van der Waals surface area contributed by atoms with Crippen molar-refractivity contribution < 1.29 is 0 Å². The third-order valence-corrected chi connectivity index (χ3v) is 8.21. The minimum atomic E-state index is -0.0406. The Morgan fingerprint density at radius 2 is 1.31 bits per heavy atom. The first-order valence-electron chi connectivity index (χ1n) is 13.3. The van der Waals surface area contributed by atoms with Crippen LogP contribution in [-0.2, 0) is 0 Å². The lowest BCUT2D eigenvalue weighted by atomic mass is 10.0. The van der Waals surface area contributed by atoms with Crippen molar-refractivity contribution in [1.82, 2.24) is 19.9 Å². The Balaban J connectivity index is 1.28. The van der Waals surface area contributed by atoms with E-state index in [1.54, 1.807) is 11.3 Å². The van der Waals surface area contributed by atoms with Crippen LogP contribution in [0.1, 0.15) is 18.4 Å². The smallest absolute Gasteiger partial charge is 0.233 e. The van der Waals surface area contributed by atoms with E-state index in [-0.39, 0.29) is 24.2 Å². The number of benzene rings is 2. The van der Waals surface area contributed by atoms with Crippen molar-refractivity contribution in [2.24, 2.45) is 22.9 Å². The molecule has 2 fully saturated rings. The lowest BCUT2D eigenvalue weighted by molar-refractivity contribution is 0.441. The van der Waals surface area contributed by atoms with Crippen LogP contribution in [0, 0.1) is 6.92 Å². The molecule has 0 aliphatic carbocycles. The number of hydrogen-bond acceptors (Lipinski definition) is 12. The van der Waals surface area contributed by atoms with Crippen molar-refractivity contribution in [3.05, 3.63) is 48.0 Å². The second-order valence-corrected chi connectivity index (χ2v) is 11.8. The average molecular weight is 546 g/mol. The van der Waals surface area contributed by atoms with Crippen LogP contribution < -0.4 is 38.1 Å². The molecule has 2 aliphatic rings. The highest BCUT2D eigenvalue weighted by molar-refractivity contribution is 7.21. The van der Waals surface area contributed by atoms with Crippen LogP contribution in [-0.4, -0.2) is 70.3 Å². The van der Waals surface area contributed by atoms with E-state index in [2.05, 4.69) is 42.6 Å². The summed E-state index contributed by atoms with van der Waals surface area (Å²) in [7, 11) is 0. The van der Waals surface area contributed by atoms with Crippen LogP contribution in [0.15, 0.2) is 42.5 Å². The largest absolute Gasteiger partial charge is 0.338 e. The van der Waals surface area contributed by atoms with Gasteiger partial charge in [-0.3, -0.25) is 0 Å². The summed E-state index contributed by atoms with van der Waals surface area (Å²) in [6.45, 7) is 4.62. The van der Waals surface area contributed by atoms with Gasteiger partial charge in [-0.15, -0.1) is 11.3 Å². The van der Waals surface area contributed by atoms with E-state index >= 15 is 0 Å². The van der Waals surface area contributed by atoms with E-state index in [0.717, 1.165) is 34.6 Å². The van der Waals surface area contributed by atoms with Gasteiger partial charge < -0.3 is 38.1 Å². The molecule has 2 aromatic heterocycles. The third kappa shape index (κ3) is 5.80. The van der Waals surface area contributed by atoms with Gasteiger partial charge in [0.2, 0.25) is 17.8 Å². The summed E-state index contributed by atoms with van der Waals surface area (Å²) in [5.74, 6) is 1.53. The van der Waals surface area contributed by atoms with E-state index in [1.807, 2.05) is 21.9 Å². The molecule has 0 spiro atoms. The second kappa shape index (κ2) is 10.6. The molecular weight excluding hydrogens is 510 g/mol. The fourth-order valence-corrected chi connectivity index (χ4v) is 6.43. The highest BCUT2D eigenvalue weighted by Crippen LogP contribution is 2.32. The Morgan fingerprint density at radius 3 is 1.87 bits per heavy atom. The molecule has 12 heteroatoms. The van der Waals surface area contributed by atoms with E-state index in [4.69, 9.17) is 42.9 Å². The zero-order valence-electron chi connectivity index (χ0n) is 22.0. The summed E-state index contributed by atoms with van der Waals surface area (Å²) < 4.78 is 1.19. The van der Waals surface area contributed by atoms with Crippen molar-refractivity contribution in [3.8, 4) is 10.6 Å². The van der Waals surface area contributed by atoms with Crippen LogP contribution in [0.25, 0.3) is 20.8 Å². The molecule has 2 saturated heterocycles. The monoisotopic (exact) mass is 545 g/mol. The standard InChI is InChI=1S/C27H35N11S/c1-15-2-7-22-23(8-15)39-24(33-22)16-3-5-21(6-4-16)32-25-34-26(37-11-17(28)9-18(29)12-37)36-27(35-25)38-13-19(30)10-20(31)14-38/h2-8,17-20H,9-14,28-31H2,1H3,(H,32,34,35,36)/t17-,18+,19-,20+. The van der Waals surface area contributed by atoms with E-state index in [0.29, 0.717) is 44.0 Å². The van der Waals surface area contributed by atoms with Gasteiger partial charge in [-0.2, -0.15) is 15.0 Å². The molecule has 4 atom stereocenters. The van der Waals surface area contributed by atoms with Crippen molar-refractivity contribution in [3.63, 3.8) is 0 Å². The minimum absolute atomic E-state index is 0.0406. The molecule has 204 valence electrons. The molecule has 4 heterocycles. The van der Waals surface area contributed by atoms with Gasteiger partial charge in [0.05, 0.1) is 10.2 Å². The number of anilines is 4. The van der Waals surface area contributed by atoms with Gasteiger partial charge in [0.15, 0.2) is 0 Å². The van der Waals surface area contributed by atoms with Crippen LogP contribution in [0.2, 0.25) is 0 Å². The molecule has 11 nitrogen and oxygen atoms in total. The first kappa shape index (κ1) is 25.8. The van der Waals surface area contributed by atoms with Gasteiger partial charge in [-0.05, 0) is 61.7 Å². The number of fused-ring (bicyclic) bond motifs is 1. The highest BCUT2D eigenvalue weighted by atomic mass is 32.1. The number of aromatic nitrogens is 4. The molecule has 0 unspecified atom stereocenters. The van der Waals surface area contributed by atoms with Crippen molar-refractivity contribution in [2.75, 3.05) is 41.3 Å². The zero-order chi connectivity index (χ0) is 27.1. The third-order valence-electron chi connectivity index (χ3n) is 7.14. The Bertz CT molecular complexity index is 1390. The van der Waals surface area contributed by atoms with Crippen LogP contribution in [0.4, 0.5) is 23.5 Å². The Hall–Kier alpha value is -3.42. The number of nitrogens with two attached hydrogens (primary N) is 4. The van der Waals surface area contributed by atoms with Gasteiger partial charge in [0.1, 0.15) is 5.01 Å². The molecule has 9 N–H and O–H groups in total. The lowest BCUT2D eigenvalue weighted by Crippen LogP contribution is -2.54. The van der Waals surface area contributed by atoms with E-state index in [9.17, 15) is 0 Å². The Labute approximate surface area is 231 Å². The molecule has 39 heavy (non-hydrogen) atoms. The van der Waals surface area contributed by atoms with Gasteiger partial charge in [0.25, 0.3) is 0 Å². The van der Waals surface area contributed by atoms with E-state index in [1.165, 1.54) is 10.3 Å². The SMILES string of the molecule is Cc1ccc2nc(-c3ccc(Nc4nc(N5C[C@H](N)C[C@H](N)C5)nc(N5C[C@H](N)C[C@H](N)C5)n4)cc3)sc2c1. The number of piperidine rings is 2. The zero-order valence-corrected chi connectivity index (χ0v) is 22.8. The number of nitrogens with one attached hydrogen (secondary N) is 1. The highest BCUT2D eigenvalue weighted by Gasteiger charge is 2.28. The minimum Gasteiger partial charge on any atom is -0.338 e. The normalized spacial score (nSPS) is 23.8. The average Bonchev–Trinajstić information content (AvgIpc) is 3.31. The van der Waals surface area contributed by atoms with Crippen LogP contribution >= 0.6 is 11.3 Å². The summed E-state index contributed by atoms with van der Waals surface area (Å²) in [5.41, 5.74) is 29.2. The molecular formula is C27H35N11S. The molecule has 6 rings (SSSR count). The van der Waals surface area contributed by atoms with Gasteiger partial charge >= 0.3 is 0 Å². The quantitative estimate of drug-likeness (QED) is 0.248. The summed E-state index contributed by atoms with van der Waals surface area (Å²) in [5, 5.41) is 4.35. The molecule has 4 aromatic rings. The maximum absolute atomic E-state index is 6.27. The molecule has 0 amide bonds. The molecule has 2 aromatic carbocycles. The van der Waals surface area contributed by atoms with Crippen molar-refractivity contribution >= 4 is 45.1 Å². The van der Waals surface area contributed by atoms with Gasteiger partial charge in [-0.25, -0.2) is 4.98 Å². The number of nitrogens with zero attached hydrogens (tertiary/aromatic N) is 6. The number of rotatable bonds is 5. The predicted molar refractivity (Wildman–Crippen MR) is 158 cm³/mol. The number of aryl methyl sites for hydroxylation is 1. The molecule has 0 saturated carbocycles. The maximum atomic E-state index is 6.27. The van der Waals surface area contributed by atoms with Crippen molar-refractivity contribution in [2.45, 2.75) is 43.9 Å². The van der Waals surface area contributed by atoms with Gasteiger partial charge in [-0.1, -0.05) is 6.07 Å². The second-order valence-electron chi connectivity index (χ2n) is 10.8. The summed E-state index contributed by atoms with van der Waals surface area (Å²) >= 11 is 1.69. The summed E-state index contributed by atoms with van der Waals surface area (Å²) in [6.07, 6.45) is 1.55. The first-order valence-corrected chi connectivity index (χ1v) is 14.1. The Morgan fingerprint density at radius 1 is 0.744 bits per heavy atom. The topological polar surface area (TPSA) is 174 Å². The summed E-state index contributed by atoms with van der Waals surface area (Å²) in [6, 6.07) is 14.3. The Kier molecular flexibility index (Phi) is 7.04. The number of hydrogen-bond donors (Lipinski definition) is 5. The first-order chi connectivity index (χ1) is 18.8. The molecule has 2 aliphatic heterocycles. The fraction of sp³-hybridized carbons (Fsp3) is 0.407. The lowest BCUT2D eigenvalue weighted by Gasteiger charge is -2.37. The maximum Gasteiger partial charge on any atom is 0.233 e. The van der Waals surface area contributed by atoms with Gasteiger partial charge in [0, 0.05) is 61.6 Å². The summed E-state index contributed by atoms with van der Waals surface area (Å²) in [4.78, 5) is 23.2. The molecule has 0 radical (unpaired) electrons. The molecule has 0 bridgehead atoms. The van der Waals surface area contributed by atoms with Crippen LogP contribution in [0.3, 0.4) is 0 Å². The van der Waals surface area contributed by atoms with Crippen LogP contribution in [0.5, 0.6) is 0 Å².